The number of amides is 2. The zero-order chi connectivity index (χ0) is 19.8. The van der Waals surface area contributed by atoms with Gasteiger partial charge in [0.05, 0.1) is 6.04 Å². The average Bonchev–Trinajstić information content (AvgIpc) is 2.70. The van der Waals surface area contributed by atoms with Crippen molar-refractivity contribution in [2.24, 2.45) is 17.6 Å². The second-order valence-corrected chi connectivity index (χ2v) is 7.64. The second-order valence-electron chi connectivity index (χ2n) is 7.64. The Morgan fingerprint density at radius 3 is 2.63 bits per heavy atom. The molecular formula is C21H33N3O3. The van der Waals surface area contributed by atoms with Gasteiger partial charge < -0.3 is 20.3 Å². The minimum absolute atomic E-state index is 0.0180. The van der Waals surface area contributed by atoms with Crippen LogP contribution in [0.5, 0.6) is 0 Å². The molecule has 2 amide bonds. The number of likely N-dealkylation sites (tertiary alicyclic amines) is 1. The molecule has 0 spiro atoms. The number of carbonyl (C=O) groups excluding carboxylic acids is 2. The van der Waals surface area contributed by atoms with Crippen molar-refractivity contribution in [1.82, 2.24) is 9.80 Å². The Balaban J connectivity index is 1.87. The fourth-order valence-corrected chi connectivity index (χ4v) is 3.37. The summed E-state index contributed by atoms with van der Waals surface area (Å²) in [5.74, 6) is 0.397. The van der Waals surface area contributed by atoms with E-state index in [0.29, 0.717) is 19.6 Å². The summed E-state index contributed by atoms with van der Waals surface area (Å²) in [4.78, 5) is 28.6. The van der Waals surface area contributed by atoms with Crippen molar-refractivity contribution in [3.8, 4) is 0 Å². The Bertz CT molecular complexity index is 606. The van der Waals surface area contributed by atoms with Gasteiger partial charge in [0.1, 0.15) is 6.61 Å². The topological polar surface area (TPSA) is 75.9 Å². The lowest BCUT2D eigenvalue weighted by atomic mass is 9.95. The van der Waals surface area contributed by atoms with Gasteiger partial charge in [-0.2, -0.15) is 0 Å². The highest BCUT2D eigenvalue weighted by Crippen LogP contribution is 2.20. The largest absolute Gasteiger partial charge is 0.445 e. The van der Waals surface area contributed by atoms with Crippen molar-refractivity contribution in [2.75, 3.05) is 26.2 Å². The maximum atomic E-state index is 12.5. The molecule has 2 rings (SSSR count). The lowest BCUT2D eigenvalue weighted by molar-refractivity contribution is -0.135. The van der Waals surface area contributed by atoms with E-state index in [-0.39, 0.29) is 30.4 Å². The van der Waals surface area contributed by atoms with E-state index in [1.165, 1.54) is 0 Å². The second kappa shape index (κ2) is 10.3. The summed E-state index contributed by atoms with van der Waals surface area (Å²) in [5, 5.41) is 0. The average molecular weight is 376 g/mol. The molecule has 2 N–H and O–H groups in total. The molecule has 1 aromatic carbocycles. The lowest BCUT2D eigenvalue weighted by Crippen LogP contribution is -2.51. The molecule has 1 heterocycles. The van der Waals surface area contributed by atoms with Crippen LogP contribution >= 0.6 is 0 Å². The van der Waals surface area contributed by atoms with E-state index >= 15 is 0 Å². The van der Waals surface area contributed by atoms with Crippen molar-refractivity contribution >= 4 is 12.0 Å². The highest BCUT2D eigenvalue weighted by Gasteiger charge is 2.30. The molecule has 0 radical (unpaired) electrons. The Morgan fingerprint density at radius 1 is 1.30 bits per heavy atom. The molecule has 1 saturated heterocycles. The minimum Gasteiger partial charge on any atom is -0.445 e. The number of nitrogens with zero attached hydrogens (tertiary/aromatic N) is 2. The molecule has 1 aliphatic rings. The predicted octanol–water partition coefficient (Wildman–Crippen LogP) is 2.87. The fourth-order valence-electron chi connectivity index (χ4n) is 3.37. The molecule has 0 saturated carbocycles. The first kappa shape index (κ1) is 21.2. The molecule has 6 heteroatoms. The molecule has 0 aliphatic carbocycles. The lowest BCUT2D eigenvalue weighted by Gasteiger charge is -2.36. The molecule has 0 bridgehead atoms. The minimum atomic E-state index is -0.457. The monoisotopic (exact) mass is 375 g/mol. The fraction of sp³-hybridized carbons (Fsp3) is 0.619. The molecule has 6 nitrogen and oxygen atoms in total. The first-order chi connectivity index (χ1) is 12.9. The van der Waals surface area contributed by atoms with Crippen LogP contribution in [0.4, 0.5) is 4.79 Å². The number of carbonyl (C=O) groups is 2. The van der Waals surface area contributed by atoms with Gasteiger partial charge in [-0.3, -0.25) is 4.79 Å². The number of hydrogen-bond acceptors (Lipinski definition) is 4. The number of hydrogen-bond donors (Lipinski definition) is 1. The van der Waals surface area contributed by atoms with Crippen LogP contribution in [0.2, 0.25) is 0 Å². The van der Waals surface area contributed by atoms with E-state index in [4.69, 9.17) is 10.5 Å². The van der Waals surface area contributed by atoms with Crippen LogP contribution in [0, 0.1) is 11.8 Å². The van der Waals surface area contributed by atoms with Crippen LogP contribution in [0.3, 0.4) is 0 Å². The van der Waals surface area contributed by atoms with E-state index in [1.807, 2.05) is 56.0 Å². The zero-order valence-electron chi connectivity index (χ0n) is 16.8. The van der Waals surface area contributed by atoms with E-state index in [1.54, 1.807) is 4.90 Å². The van der Waals surface area contributed by atoms with Gasteiger partial charge in [-0.05, 0) is 37.2 Å². The SMILES string of the molecule is CCN(C[C@H]1CCCN(C(=O)[C@@H](N)C(C)C)C1)C(=O)OCc1ccccc1. The molecule has 150 valence electrons. The van der Waals surface area contributed by atoms with E-state index in [2.05, 4.69) is 0 Å². The van der Waals surface area contributed by atoms with E-state index < -0.39 is 6.04 Å². The summed E-state index contributed by atoms with van der Waals surface area (Å²) in [7, 11) is 0. The van der Waals surface area contributed by atoms with Crippen molar-refractivity contribution in [3.05, 3.63) is 35.9 Å². The first-order valence-corrected chi connectivity index (χ1v) is 9.92. The summed E-state index contributed by atoms with van der Waals surface area (Å²) in [6.45, 7) is 8.74. The van der Waals surface area contributed by atoms with Crippen molar-refractivity contribution in [1.29, 1.82) is 0 Å². The van der Waals surface area contributed by atoms with Crippen molar-refractivity contribution in [3.63, 3.8) is 0 Å². The molecule has 1 fully saturated rings. The van der Waals surface area contributed by atoms with Gasteiger partial charge in [-0.1, -0.05) is 44.2 Å². The first-order valence-electron chi connectivity index (χ1n) is 9.92. The van der Waals surface area contributed by atoms with Gasteiger partial charge in [0.15, 0.2) is 0 Å². The van der Waals surface area contributed by atoms with Crippen molar-refractivity contribution in [2.45, 2.75) is 46.3 Å². The zero-order valence-corrected chi connectivity index (χ0v) is 16.8. The molecule has 2 atom stereocenters. The number of piperidine rings is 1. The third kappa shape index (κ3) is 6.24. The normalized spacial score (nSPS) is 18.3. The summed E-state index contributed by atoms with van der Waals surface area (Å²) in [6, 6.07) is 9.21. The highest BCUT2D eigenvalue weighted by atomic mass is 16.6. The molecule has 0 unspecified atom stereocenters. The van der Waals surface area contributed by atoms with Crippen LogP contribution in [-0.2, 0) is 16.1 Å². The van der Waals surface area contributed by atoms with Gasteiger partial charge in [0.2, 0.25) is 5.91 Å². The van der Waals surface area contributed by atoms with Gasteiger partial charge >= 0.3 is 6.09 Å². The number of rotatable bonds is 7. The van der Waals surface area contributed by atoms with Crippen LogP contribution < -0.4 is 5.73 Å². The summed E-state index contributed by atoms with van der Waals surface area (Å²) in [6.07, 6.45) is 1.64. The number of nitrogens with two attached hydrogens (primary N) is 1. The van der Waals surface area contributed by atoms with Gasteiger partial charge in [-0.15, -0.1) is 0 Å². The van der Waals surface area contributed by atoms with Crippen LogP contribution in [0.1, 0.15) is 39.2 Å². The van der Waals surface area contributed by atoms with Gasteiger partial charge in [0, 0.05) is 26.2 Å². The molecular weight excluding hydrogens is 342 g/mol. The van der Waals surface area contributed by atoms with Crippen molar-refractivity contribution < 1.29 is 14.3 Å². The number of benzene rings is 1. The van der Waals surface area contributed by atoms with E-state index in [9.17, 15) is 9.59 Å². The van der Waals surface area contributed by atoms with Gasteiger partial charge in [0.25, 0.3) is 0 Å². The quantitative estimate of drug-likeness (QED) is 0.795. The molecule has 0 aromatic heterocycles. The summed E-state index contributed by atoms with van der Waals surface area (Å²) >= 11 is 0. The molecule has 27 heavy (non-hydrogen) atoms. The smallest absolute Gasteiger partial charge is 0.410 e. The highest BCUT2D eigenvalue weighted by molar-refractivity contribution is 5.82. The number of ether oxygens (including phenoxy) is 1. The third-order valence-corrected chi connectivity index (χ3v) is 5.16. The Hall–Kier alpha value is -2.08. The maximum absolute atomic E-state index is 12.5. The predicted molar refractivity (Wildman–Crippen MR) is 106 cm³/mol. The van der Waals surface area contributed by atoms with Gasteiger partial charge in [-0.25, -0.2) is 4.79 Å². The third-order valence-electron chi connectivity index (χ3n) is 5.16. The standard InChI is InChI=1S/C21H33N3O3/c1-4-23(21(26)27-15-17-9-6-5-7-10-17)13-18-11-8-12-24(14-18)20(25)19(22)16(2)3/h5-7,9-10,16,18-19H,4,8,11-15,22H2,1-3H3/t18-,19+/m1/s1. The molecule has 1 aromatic rings. The van der Waals surface area contributed by atoms with Crippen LogP contribution in [0.25, 0.3) is 0 Å². The maximum Gasteiger partial charge on any atom is 0.410 e. The van der Waals surface area contributed by atoms with Crippen LogP contribution in [-0.4, -0.2) is 54.0 Å². The summed E-state index contributed by atoms with van der Waals surface area (Å²) in [5.41, 5.74) is 7.00. The summed E-state index contributed by atoms with van der Waals surface area (Å²) < 4.78 is 5.45. The Morgan fingerprint density at radius 2 is 2.00 bits per heavy atom. The Labute approximate surface area is 162 Å². The Kier molecular flexibility index (Phi) is 8.10. The van der Waals surface area contributed by atoms with Crippen LogP contribution in [0.15, 0.2) is 30.3 Å². The molecule has 1 aliphatic heterocycles. The van der Waals surface area contributed by atoms with E-state index in [0.717, 1.165) is 24.9 Å².